The number of carbonyl (C=O) groups excluding carboxylic acids is 1. The second kappa shape index (κ2) is 6.34. The zero-order valence-corrected chi connectivity index (χ0v) is 11.0. The monoisotopic (exact) mass is 271 g/mol. The number of nitrogens with zero attached hydrogens (tertiary/aromatic N) is 1. The molecule has 0 saturated carbocycles. The molecule has 1 amide bonds. The van der Waals surface area contributed by atoms with Gasteiger partial charge in [-0.3, -0.25) is 4.79 Å². The molecule has 2 aliphatic heterocycles. The zero-order valence-electron chi connectivity index (χ0n) is 11.0. The van der Waals surface area contributed by atoms with Crippen LogP contribution in [0.15, 0.2) is 0 Å². The second-order valence-electron chi connectivity index (χ2n) is 5.22. The van der Waals surface area contributed by atoms with E-state index in [2.05, 4.69) is 0 Å². The standard InChI is InChI=1S/C13H21NO5/c15-8-2-4-9-3-1-7-14(9)12(16)10-5-6-11(19-10)13(17)18/h9-11,15H,1-8H2,(H,17,18). The van der Waals surface area contributed by atoms with Gasteiger partial charge in [0.1, 0.15) is 6.10 Å². The maximum Gasteiger partial charge on any atom is 0.332 e. The zero-order chi connectivity index (χ0) is 13.8. The number of amides is 1. The maximum atomic E-state index is 12.3. The van der Waals surface area contributed by atoms with Crippen LogP contribution in [0.4, 0.5) is 0 Å². The lowest BCUT2D eigenvalue weighted by Crippen LogP contribution is -2.42. The molecule has 2 fully saturated rings. The van der Waals surface area contributed by atoms with Crippen LogP contribution in [-0.4, -0.2) is 58.4 Å². The lowest BCUT2D eigenvalue weighted by molar-refractivity contribution is -0.155. The van der Waals surface area contributed by atoms with E-state index in [1.807, 2.05) is 4.90 Å². The summed E-state index contributed by atoms with van der Waals surface area (Å²) in [6, 6.07) is 0.173. The molecule has 0 radical (unpaired) electrons. The second-order valence-corrected chi connectivity index (χ2v) is 5.22. The van der Waals surface area contributed by atoms with E-state index < -0.39 is 18.2 Å². The number of hydrogen-bond donors (Lipinski definition) is 2. The number of carbonyl (C=O) groups is 2. The highest BCUT2D eigenvalue weighted by molar-refractivity contribution is 5.83. The van der Waals surface area contributed by atoms with Gasteiger partial charge in [-0.05, 0) is 38.5 Å². The first kappa shape index (κ1) is 14.3. The molecule has 0 spiro atoms. The minimum Gasteiger partial charge on any atom is -0.479 e. The molecule has 3 atom stereocenters. The summed E-state index contributed by atoms with van der Waals surface area (Å²) < 4.78 is 5.31. The average molecular weight is 271 g/mol. The minimum absolute atomic E-state index is 0.0795. The number of rotatable bonds is 5. The van der Waals surface area contributed by atoms with Crippen molar-refractivity contribution in [3.8, 4) is 0 Å². The lowest BCUT2D eigenvalue weighted by Gasteiger charge is -2.27. The van der Waals surface area contributed by atoms with Crippen LogP contribution >= 0.6 is 0 Å². The third-order valence-corrected chi connectivity index (χ3v) is 3.93. The molecule has 2 saturated heterocycles. The largest absolute Gasteiger partial charge is 0.479 e. The van der Waals surface area contributed by atoms with Gasteiger partial charge in [-0.25, -0.2) is 4.79 Å². The van der Waals surface area contributed by atoms with Gasteiger partial charge in [0.15, 0.2) is 6.10 Å². The topological polar surface area (TPSA) is 87.1 Å². The van der Waals surface area contributed by atoms with Crippen molar-refractivity contribution in [3.63, 3.8) is 0 Å². The first-order valence-corrected chi connectivity index (χ1v) is 6.93. The molecule has 2 N–H and O–H groups in total. The maximum absolute atomic E-state index is 12.3. The smallest absolute Gasteiger partial charge is 0.332 e. The Bertz CT molecular complexity index is 346. The van der Waals surface area contributed by atoms with Gasteiger partial charge < -0.3 is 19.8 Å². The third-order valence-electron chi connectivity index (χ3n) is 3.93. The number of likely N-dealkylation sites (tertiary alicyclic amines) is 1. The fourth-order valence-corrected chi connectivity index (χ4v) is 2.94. The SMILES string of the molecule is O=C(O)C1CCC(C(=O)N2CCCC2CCCO)O1. The van der Waals surface area contributed by atoms with Crippen LogP contribution < -0.4 is 0 Å². The third kappa shape index (κ3) is 3.25. The van der Waals surface area contributed by atoms with E-state index >= 15 is 0 Å². The van der Waals surface area contributed by atoms with Crippen molar-refractivity contribution in [2.75, 3.05) is 13.2 Å². The molecule has 2 heterocycles. The summed E-state index contributed by atoms with van der Waals surface area (Å²) in [6.07, 6.45) is 2.87. The lowest BCUT2D eigenvalue weighted by atomic mass is 10.1. The Labute approximate surface area is 112 Å². The Kier molecular flexibility index (Phi) is 4.76. The molecule has 2 aliphatic rings. The predicted molar refractivity (Wildman–Crippen MR) is 66.6 cm³/mol. The van der Waals surface area contributed by atoms with E-state index in [0.717, 1.165) is 19.3 Å². The first-order chi connectivity index (χ1) is 9.13. The number of carboxylic acid groups (broad SMARTS) is 1. The van der Waals surface area contributed by atoms with Gasteiger partial charge in [0.05, 0.1) is 0 Å². The Hall–Kier alpha value is -1.14. The van der Waals surface area contributed by atoms with Crippen molar-refractivity contribution in [1.82, 2.24) is 4.90 Å². The van der Waals surface area contributed by atoms with Crippen molar-refractivity contribution < 1.29 is 24.5 Å². The first-order valence-electron chi connectivity index (χ1n) is 6.93. The molecular weight excluding hydrogens is 250 g/mol. The van der Waals surface area contributed by atoms with Gasteiger partial charge in [-0.15, -0.1) is 0 Å². The molecule has 19 heavy (non-hydrogen) atoms. The van der Waals surface area contributed by atoms with Crippen molar-refractivity contribution in [1.29, 1.82) is 0 Å². The summed E-state index contributed by atoms with van der Waals surface area (Å²) in [7, 11) is 0. The van der Waals surface area contributed by atoms with Crippen LogP contribution in [0.1, 0.15) is 38.5 Å². The molecule has 2 rings (SSSR count). The molecule has 6 nitrogen and oxygen atoms in total. The number of aliphatic carboxylic acids is 1. The van der Waals surface area contributed by atoms with E-state index in [-0.39, 0.29) is 18.6 Å². The molecule has 0 bridgehead atoms. The minimum atomic E-state index is -0.992. The highest BCUT2D eigenvalue weighted by atomic mass is 16.5. The van der Waals surface area contributed by atoms with Gasteiger partial charge in [-0.2, -0.15) is 0 Å². The van der Waals surface area contributed by atoms with Crippen LogP contribution in [0.3, 0.4) is 0 Å². The van der Waals surface area contributed by atoms with Crippen molar-refractivity contribution in [2.45, 2.75) is 56.8 Å². The quantitative estimate of drug-likeness (QED) is 0.755. The summed E-state index contributed by atoms with van der Waals surface area (Å²) >= 11 is 0. The van der Waals surface area contributed by atoms with E-state index in [1.54, 1.807) is 0 Å². The van der Waals surface area contributed by atoms with Gasteiger partial charge in [-0.1, -0.05) is 0 Å². The fraction of sp³-hybridized carbons (Fsp3) is 0.846. The highest BCUT2D eigenvalue weighted by Crippen LogP contribution is 2.27. The van der Waals surface area contributed by atoms with Crippen LogP contribution in [0.5, 0.6) is 0 Å². The summed E-state index contributed by atoms with van der Waals surface area (Å²) in [5, 5.41) is 17.7. The van der Waals surface area contributed by atoms with Crippen molar-refractivity contribution in [2.24, 2.45) is 0 Å². The van der Waals surface area contributed by atoms with Gasteiger partial charge in [0.2, 0.25) is 0 Å². The van der Waals surface area contributed by atoms with Crippen LogP contribution in [0.25, 0.3) is 0 Å². The van der Waals surface area contributed by atoms with E-state index in [9.17, 15) is 9.59 Å². The molecule has 0 aromatic carbocycles. The predicted octanol–water partition coefficient (Wildman–Crippen LogP) is 0.382. The number of ether oxygens (including phenoxy) is 1. The highest BCUT2D eigenvalue weighted by Gasteiger charge is 2.39. The summed E-state index contributed by atoms with van der Waals surface area (Å²) in [4.78, 5) is 25.0. The molecule has 108 valence electrons. The summed E-state index contributed by atoms with van der Waals surface area (Å²) in [6.45, 7) is 0.853. The molecule has 6 heteroatoms. The average Bonchev–Trinajstić information content (AvgIpc) is 3.04. The Morgan fingerprint density at radius 3 is 2.58 bits per heavy atom. The Balaban J connectivity index is 1.90. The van der Waals surface area contributed by atoms with Crippen molar-refractivity contribution >= 4 is 11.9 Å². The van der Waals surface area contributed by atoms with Gasteiger partial charge in [0, 0.05) is 19.2 Å². The number of aliphatic hydroxyl groups is 1. The van der Waals surface area contributed by atoms with E-state index in [0.29, 0.717) is 25.8 Å². The summed E-state index contributed by atoms with van der Waals surface area (Å²) in [5.41, 5.74) is 0. The number of aliphatic hydroxyl groups excluding tert-OH is 1. The molecule has 0 aromatic rings. The van der Waals surface area contributed by atoms with Gasteiger partial charge in [0.25, 0.3) is 5.91 Å². The molecule has 0 aromatic heterocycles. The van der Waals surface area contributed by atoms with E-state index in [1.165, 1.54) is 0 Å². The van der Waals surface area contributed by atoms with Crippen LogP contribution in [0.2, 0.25) is 0 Å². The molecular formula is C13H21NO5. The summed E-state index contributed by atoms with van der Waals surface area (Å²) in [5.74, 6) is -1.07. The number of hydrogen-bond acceptors (Lipinski definition) is 4. The van der Waals surface area contributed by atoms with Crippen LogP contribution in [0, 0.1) is 0 Å². The van der Waals surface area contributed by atoms with Gasteiger partial charge >= 0.3 is 5.97 Å². The fourth-order valence-electron chi connectivity index (χ4n) is 2.94. The number of carboxylic acids is 1. The molecule has 0 aliphatic carbocycles. The van der Waals surface area contributed by atoms with E-state index in [4.69, 9.17) is 14.9 Å². The molecule has 3 unspecified atom stereocenters. The Morgan fingerprint density at radius 2 is 1.95 bits per heavy atom. The van der Waals surface area contributed by atoms with Crippen LogP contribution in [-0.2, 0) is 14.3 Å². The van der Waals surface area contributed by atoms with Crippen molar-refractivity contribution in [3.05, 3.63) is 0 Å². The Morgan fingerprint density at radius 1 is 1.21 bits per heavy atom. The normalized spacial score (nSPS) is 30.8.